The number of hydrogen-bond donors (Lipinski definition) is 0. The molecule has 0 radical (unpaired) electrons. The van der Waals surface area contributed by atoms with Crippen molar-refractivity contribution in [3.8, 4) is 0 Å². The van der Waals surface area contributed by atoms with Gasteiger partial charge >= 0.3 is 6.03 Å². The summed E-state index contributed by atoms with van der Waals surface area (Å²) in [6.45, 7) is 0.308. The molecule has 0 spiro atoms. The van der Waals surface area contributed by atoms with E-state index >= 15 is 0 Å². The monoisotopic (exact) mass is 114 g/mol. The summed E-state index contributed by atoms with van der Waals surface area (Å²) < 4.78 is 4.67. The molecule has 4 nitrogen and oxygen atoms in total. The molecule has 0 atom stereocenters. The number of nitrogens with zero attached hydrogens (tertiary/aromatic N) is 2. The Morgan fingerprint density at radius 1 is 2.00 bits per heavy atom. The van der Waals surface area contributed by atoms with Crippen LogP contribution in [-0.4, -0.2) is 31.1 Å². The Morgan fingerprint density at radius 3 is 3.12 bits per heavy atom. The van der Waals surface area contributed by atoms with E-state index in [1.54, 1.807) is 7.05 Å². The van der Waals surface area contributed by atoms with Crippen LogP contribution in [0, 0.1) is 0 Å². The summed E-state index contributed by atoms with van der Waals surface area (Å²) in [7, 11) is 1.62. The SMILES string of the molecule is CN1COC=NC1=O. The lowest BCUT2D eigenvalue weighted by atomic mass is 10.8. The zero-order chi connectivity index (χ0) is 5.98. The number of urea groups is 1. The molecule has 0 saturated carbocycles. The normalized spacial score (nSPS) is 18.6. The molecule has 1 heterocycles. The van der Waals surface area contributed by atoms with Crippen molar-refractivity contribution in [3.63, 3.8) is 0 Å². The van der Waals surface area contributed by atoms with E-state index in [2.05, 4.69) is 9.73 Å². The van der Waals surface area contributed by atoms with E-state index in [-0.39, 0.29) is 6.03 Å². The van der Waals surface area contributed by atoms with E-state index < -0.39 is 0 Å². The highest BCUT2D eigenvalue weighted by molar-refractivity contribution is 5.82. The minimum Gasteiger partial charge on any atom is -0.462 e. The maximum atomic E-state index is 10.4. The highest BCUT2D eigenvalue weighted by Crippen LogP contribution is 1.92. The second-order valence-electron chi connectivity index (χ2n) is 1.51. The van der Waals surface area contributed by atoms with E-state index in [9.17, 15) is 4.79 Å². The fraction of sp³-hybridized carbons (Fsp3) is 0.500. The third kappa shape index (κ3) is 0.776. The molecule has 1 aliphatic rings. The van der Waals surface area contributed by atoms with Gasteiger partial charge in [0.2, 0.25) is 0 Å². The molecule has 0 unspecified atom stereocenters. The van der Waals surface area contributed by atoms with Gasteiger partial charge in [-0.05, 0) is 0 Å². The average molecular weight is 114 g/mol. The number of ether oxygens (including phenoxy) is 1. The minimum absolute atomic E-state index is 0.253. The van der Waals surface area contributed by atoms with Crippen LogP contribution in [0.25, 0.3) is 0 Å². The van der Waals surface area contributed by atoms with Crippen molar-refractivity contribution in [1.29, 1.82) is 0 Å². The van der Waals surface area contributed by atoms with Gasteiger partial charge in [-0.1, -0.05) is 0 Å². The van der Waals surface area contributed by atoms with Crippen molar-refractivity contribution >= 4 is 12.4 Å². The molecular formula is C4H6N2O2. The van der Waals surface area contributed by atoms with Gasteiger partial charge in [-0.15, -0.1) is 0 Å². The van der Waals surface area contributed by atoms with E-state index in [0.29, 0.717) is 6.73 Å². The Bertz CT molecular complexity index is 132. The third-order valence-electron chi connectivity index (χ3n) is 0.832. The Morgan fingerprint density at radius 2 is 2.75 bits per heavy atom. The highest BCUT2D eigenvalue weighted by atomic mass is 16.5. The van der Waals surface area contributed by atoms with E-state index in [1.165, 1.54) is 4.90 Å². The first kappa shape index (κ1) is 5.08. The number of carbonyl (C=O) groups excluding carboxylic acids is 1. The number of carbonyl (C=O) groups is 1. The van der Waals surface area contributed by atoms with Crippen molar-refractivity contribution in [2.45, 2.75) is 0 Å². The predicted octanol–water partition coefficient (Wildman–Crippen LogP) is 0.0542. The Kier molecular flexibility index (Phi) is 1.15. The van der Waals surface area contributed by atoms with Crippen molar-refractivity contribution < 1.29 is 9.53 Å². The molecule has 8 heavy (non-hydrogen) atoms. The van der Waals surface area contributed by atoms with Gasteiger partial charge in [-0.2, -0.15) is 4.99 Å². The van der Waals surface area contributed by atoms with Crippen LogP contribution in [0.1, 0.15) is 0 Å². The standard InChI is InChI=1S/C4H6N2O2/c1-6-3-8-2-5-4(6)7/h2H,3H2,1H3. The van der Waals surface area contributed by atoms with Gasteiger partial charge in [-0.25, -0.2) is 4.79 Å². The molecule has 1 rings (SSSR count). The molecule has 0 aromatic carbocycles. The molecule has 0 N–H and O–H groups in total. The number of rotatable bonds is 0. The molecule has 0 aromatic rings. The summed E-state index contributed by atoms with van der Waals surface area (Å²) >= 11 is 0. The van der Waals surface area contributed by atoms with Crippen molar-refractivity contribution in [3.05, 3.63) is 0 Å². The van der Waals surface area contributed by atoms with Crippen molar-refractivity contribution in [1.82, 2.24) is 4.90 Å². The van der Waals surface area contributed by atoms with Gasteiger partial charge in [0.05, 0.1) is 0 Å². The van der Waals surface area contributed by atoms with Crippen LogP contribution in [0.15, 0.2) is 4.99 Å². The smallest absolute Gasteiger partial charge is 0.348 e. The van der Waals surface area contributed by atoms with Gasteiger partial charge in [0, 0.05) is 7.05 Å². The van der Waals surface area contributed by atoms with Crippen LogP contribution >= 0.6 is 0 Å². The van der Waals surface area contributed by atoms with Crippen LogP contribution in [0.3, 0.4) is 0 Å². The number of amides is 2. The molecule has 0 aliphatic carbocycles. The lowest BCUT2D eigenvalue weighted by molar-refractivity contribution is 0.147. The summed E-state index contributed by atoms with van der Waals surface area (Å²) in [6, 6.07) is -0.253. The Balaban J connectivity index is 2.60. The molecule has 0 saturated heterocycles. The molecule has 2 amide bonds. The predicted molar refractivity (Wildman–Crippen MR) is 27.6 cm³/mol. The Hall–Kier alpha value is -1.06. The zero-order valence-electron chi connectivity index (χ0n) is 4.50. The fourth-order valence-corrected chi connectivity index (χ4v) is 0.381. The first-order chi connectivity index (χ1) is 3.80. The minimum atomic E-state index is -0.253. The average Bonchev–Trinajstić information content (AvgIpc) is 1.77. The van der Waals surface area contributed by atoms with Crippen molar-refractivity contribution in [2.24, 2.45) is 4.99 Å². The topological polar surface area (TPSA) is 41.9 Å². The van der Waals surface area contributed by atoms with E-state index in [4.69, 9.17) is 0 Å². The first-order valence-corrected chi connectivity index (χ1v) is 2.20. The molecule has 0 fully saturated rings. The molecule has 4 heteroatoms. The highest BCUT2D eigenvalue weighted by Gasteiger charge is 2.08. The van der Waals surface area contributed by atoms with E-state index in [1.807, 2.05) is 0 Å². The van der Waals surface area contributed by atoms with Gasteiger partial charge in [0.1, 0.15) is 0 Å². The molecule has 0 bridgehead atoms. The third-order valence-corrected chi connectivity index (χ3v) is 0.832. The van der Waals surface area contributed by atoms with E-state index in [0.717, 1.165) is 6.40 Å². The largest absolute Gasteiger partial charge is 0.462 e. The van der Waals surface area contributed by atoms with Gasteiger partial charge in [-0.3, -0.25) is 4.90 Å². The van der Waals surface area contributed by atoms with Gasteiger partial charge in [0.15, 0.2) is 13.1 Å². The maximum absolute atomic E-state index is 10.4. The lowest BCUT2D eigenvalue weighted by Gasteiger charge is -2.15. The van der Waals surface area contributed by atoms with Crippen LogP contribution in [0.4, 0.5) is 4.79 Å². The lowest BCUT2D eigenvalue weighted by Crippen LogP contribution is -2.29. The van der Waals surface area contributed by atoms with Crippen molar-refractivity contribution in [2.75, 3.05) is 13.8 Å². The number of hydrogen-bond acceptors (Lipinski definition) is 2. The van der Waals surface area contributed by atoms with Gasteiger partial charge < -0.3 is 4.74 Å². The summed E-state index contributed by atoms with van der Waals surface area (Å²) in [5, 5.41) is 0. The van der Waals surface area contributed by atoms with Gasteiger partial charge in [0.25, 0.3) is 0 Å². The Labute approximate surface area is 46.8 Å². The number of aliphatic imine (C=N–C) groups is 1. The summed E-state index contributed by atoms with van der Waals surface area (Å²) in [6.07, 6.45) is 1.16. The fourth-order valence-electron chi connectivity index (χ4n) is 0.381. The maximum Gasteiger partial charge on any atom is 0.348 e. The zero-order valence-corrected chi connectivity index (χ0v) is 4.50. The summed E-state index contributed by atoms with van der Waals surface area (Å²) in [5.41, 5.74) is 0. The second-order valence-corrected chi connectivity index (χ2v) is 1.51. The van der Waals surface area contributed by atoms with Crippen LogP contribution in [0.5, 0.6) is 0 Å². The molecular weight excluding hydrogens is 108 g/mol. The van der Waals surface area contributed by atoms with Crippen LogP contribution in [-0.2, 0) is 4.74 Å². The molecule has 44 valence electrons. The quantitative estimate of drug-likeness (QED) is 0.446. The molecule has 1 aliphatic heterocycles. The second kappa shape index (κ2) is 1.81. The summed E-state index contributed by atoms with van der Waals surface area (Å²) in [4.78, 5) is 15.2. The van der Waals surface area contributed by atoms with Crippen LogP contribution in [0.2, 0.25) is 0 Å². The first-order valence-electron chi connectivity index (χ1n) is 2.20. The van der Waals surface area contributed by atoms with Crippen LogP contribution < -0.4 is 0 Å². The molecule has 0 aromatic heterocycles. The summed E-state index contributed by atoms with van der Waals surface area (Å²) in [5.74, 6) is 0.